The number of hydrogen-bond acceptors (Lipinski definition) is 4. The lowest BCUT2D eigenvalue weighted by atomic mass is 9.46. The molecule has 6 heteroatoms. The standard InChI is InChI=1S/C24H30N2O4/c1-23(2)20(16-5-4-6-17-19(16)30-12-29-17)26(22(23)28)18-14-7-13-8-15(18)11-24(9-13,10-14)21(27)25-3/h4-6,13-15,18,20H,7-12H2,1-3H3,(H,25,27)/t13?,14-,15?,18-,20?,24-/m0/s1. The van der Waals surface area contributed by atoms with Crippen LogP contribution < -0.4 is 14.8 Å². The number of likely N-dealkylation sites (tertiary alicyclic amines) is 1. The van der Waals surface area contributed by atoms with Gasteiger partial charge in [-0.15, -0.1) is 0 Å². The summed E-state index contributed by atoms with van der Waals surface area (Å²) < 4.78 is 11.4. The molecule has 4 saturated carbocycles. The van der Waals surface area contributed by atoms with Crippen molar-refractivity contribution in [1.82, 2.24) is 10.2 Å². The molecule has 0 spiro atoms. The van der Waals surface area contributed by atoms with Gasteiger partial charge in [-0.3, -0.25) is 9.59 Å². The lowest BCUT2D eigenvalue weighted by Crippen LogP contribution is -2.71. The third-order valence-electron chi connectivity index (χ3n) is 8.72. The molecular weight excluding hydrogens is 380 g/mol. The van der Waals surface area contributed by atoms with Crippen LogP contribution in [-0.4, -0.2) is 36.6 Å². The summed E-state index contributed by atoms with van der Waals surface area (Å²) in [6.45, 7) is 4.33. The smallest absolute Gasteiger partial charge is 0.231 e. The first-order chi connectivity index (χ1) is 14.4. The second-order valence-corrected chi connectivity index (χ2v) is 10.7. The average molecular weight is 411 g/mol. The Hall–Kier alpha value is -2.24. The van der Waals surface area contributed by atoms with E-state index >= 15 is 0 Å². The zero-order valence-electron chi connectivity index (χ0n) is 17.9. The van der Waals surface area contributed by atoms with E-state index in [1.165, 1.54) is 0 Å². The van der Waals surface area contributed by atoms with Crippen LogP contribution in [0.25, 0.3) is 0 Å². The zero-order chi connectivity index (χ0) is 20.8. The third kappa shape index (κ3) is 2.20. The molecule has 4 aliphatic carbocycles. The molecule has 6 aliphatic rings. The van der Waals surface area contributed by atoms with E-state index in [1.54, 1.807) is 7.05 Å². The minimum absolute atomic E-state index is 0.0138. The maximum Gasteiger partial charge on any atom is 0.231 e. The number of carbonyl (C=O) groups excluding carboxylic acids is 2. The molecular formula is C24H30N2O4. The Labute approximate surface area is 177 Å². The highest BCUT2D eigenvalue weighted by molar-refractivity contribution is 5.91. The maximum atomic E-state index is 13.4. The van der Waals surface area contributed by atoms with Crippen LogP contribution in [0.3, 0.4) is 0 Å². The van der Waals surface area contributed by atoms with Gasteiger partial charge in [0, 0.05) is 18.7 Å². The highest BCUT2D eigenvalue weighted by atomic mass is 16.7. The lowest BCUT2D eigenvalue weighted by Gasteiger charge is -2.66. The van der Waals surface area contributed by atoms with Gasteiger partial charge in [-0.25, -0.2) is 0 Å². The summed E-state index contributed by atoms with van der Waals surface area (Å²) in [5, 5.41) is 2.93. The summed E-state index contributed by atoms with van der Waals surface area (Å²) in [5.74, 6) is 3.44. The predicted octanol–water partition coefficient (Wildman–Crippen LogP) is 3.27. The van der Waals surface area contributed by atoms with Crippen LogP contribution in [0, 0.1) is 28.6 Å². The van der Waals surface area contributed by atoms with Crippen LogP contribution >= 0.6 is 0 Å². The molecule has 0 aromatic heterocycles. The molecule has 6 atom stereocenters. The molecule has 1 saturated heterocycles. The molecule has 7 rings (SSSR count). The Bertz CT molecular complexity index is 925. The van der Waals surface area contributed by atoms with E-state index in [0.717, 1.165) is 49.2 Å². The predicted molar refractivity (Wildman–Crippen MR) is 110 cm³/mol. The van der Waals surface area contributed by atoms with E-state index in [4.69, 9.17) is 9.47 Å². The quantitative estimate of drug-likeness (QED) is 0.777. The van der Waals surface area contributed by atoms with Gasteiger partial charge in [0.25, 0.3) is 0 Å². The Morgan fingerprint density at radius 3 is 2.57 bits per heavy atom. The van der Waals surface area contributed by atoms with E-state index in [9.17, 15) is 9.59 Å². The Balaban J connectivity index is 1.38. The van der Waals surface area contributed by atoms with Gasteiger partial charge >= 0.3 is 0 Å². The van der Waals surface area contributed by atoms with Gasteiger partial charge in [0.15, 0.2) is 11.5 Å². The number of fused-ring (bicyclic) bond motifs is 1. The number of amides is 2. The van der Waals surface area contributed by atoms with Gasteiger partial charge in [0.05, 0.1) is 16.9 Å². The monoisotopic (exact) mass is 410 g/mol. The van der Waals surface area contributed by atoms with Crippen LogP contribution in [0.5, 0.6) is 11.5 Å². The first-order valence-electron chi connectivity index (χ1n) is 11.3. The maximum absolute atomic E-state index is 13.4. The summed E-state index contributed by atoms with van der Waals surface area (Å²) >= 11 is 0. The van der Waals surface area contributed by atoms with E-state index in [0.29, 0.717) is 17.8 Å². The van der Waals surface area contributed by atoms with E-state index in [1.807, 2.05) is 26.0 Å². The van der Waals surface area contributed by atoms with Crippen LogP contribution in [0.4, 0.5) is 0 Å². The van der Waals surface area contributed by atoms with Crippen molar-refractivity contribution in [3.63, 3.8) is 0 Å². The lowest BCUT2D eigenvalue weighted by molar-refractivity contribution is -0.199. The normalized spacial score (nSPS) is 39.8. The van der Waals surface area contributed by atoms with Crippen molar-refractivity contribution in [3.05, 3.63) is 23.8 Å². The van der Waals surface area contributed by atoms with Crippen LogP contribution in [-0.2, 0) is 9.59 Å². The van der Waals surface area contributed by atoms with E-state index in [-0.39, 0.29) is 36.1 Å². The minimum atomic E-state index is -0.464. The van der Waals surface area contributed by atoms with Gasteiger partial charge in [-0.1, -0.05) is 12.1 Å². The second kappa shape index (κ2) is 5.92. The number of ether oxygens (including phenoxy) is 2. The number of carbonyl (C=O) groups is 2. The van der Waals surface area contributed by atoms with E-state index in [2.05, 4.69) is 16.3 Å². The number of β-lactam (4-membered cyclic amide) rings is 1. The zero-order valence-corrected chi connectivity index (χ0v) is 17.9. The first kappa shape index (κ1) is 18.5. The fraction of sp³-hybridized carbons (Fsp3) is 0.667. The fourth-order valence-corrected chi connectivity index (χ4v) is 7.86. The number of benzene rings is 1. The summed E-state index contributed by atoms with van der Waals surface area (Å²) in [6.07, 6.45) is 5.13. The van der Waals surface area contributed by atoms with Crippen molar-refractivity contribution >= 4 is 11.8 Å². The third-order valence-corrected chi connectivity index (χ3v) is 8.72. The molecule has 3 unspecified atom stereocenters. The number of nitrogens with zero attached hydrogens (tertiary/aromatic N) is 1. The van der Waals surface area contributed by atoms with Crippen molar-refractivity contribution < 1.29 is 19.1 Å². The van der Waals surface area contributed by atoms with Gasteiger partial charge in [0.1, 0.15) is 0 Å². The highest BCUT2D eigenvalue weighted by Gasteiger charge is 2.65. The molecule has 1 N–H and O–H groups in total. The number of para-hydroxylation sites is 1. The molecule has 4 bridgehead atoms. The van der Waals surface area contributed by atoms with Crippen molar-refractivity contribution in [2.24, 2.45) is 28.6 Å². The van der Waals surface area contributed by atoms with Crippen molar-refractivity contribution in [1.29, 1.82) is 0 Å². The molecule has 30 heavy (non-hydrogen) atoms. The molecule has 0 radical (unpaired) electrons. The number of hydrogen-bond donors (Lipinski definition) is 1. The van der Waals surface area contributed by atoms with Gasteiger partial charge in [-0.05, 0) is 69.8 Å². The summed E-state index contributed by atoms with van der Waals surface area (Å²) in [4.78, 5) is 28.4. The van der Waals surface area contributed by atoms with Crippen molar-refractivity contribution in [2.75, 3.05) is 13.8 Å². The van der Waals surface area contributed by atoms with Gasteiger partial charge in [0.2, 0.25) is 18.6 Å². The molecule has 1 aromatic rings. The minimum Gasteiger partial charge on any atom is -0.454 e. The van der Waals surface area contributed by atoms with Crippen molar-refractivity contribution in [2.45, 2.75) is 58.0 Å². The molecule has 2 aliphatic heterocycles. The SMILES string of the molecule is CNC(=O)[C@]12CC3CC(C1)[C@@H](N1C(=O)C(C)(C)C1c1cccc4c1OCO4)[C@@H](C3)C2. The largest absolute Gasteiger partial charge is 0.454 e. The summed E-state index contributed by atoms with van der Waals surface area (Å²) in [5.41, 5.74) is 0.379. The highest BCUT2D eigenvalue weighted by Crippen LogP contribution is 2.65. The number of rotatable bonds is 3. The molecule has 2 amide bonds. The van der Waals surface area contributed by atoms with Gasteiger partial charge < -0.3 is 19.7 Å². The average Bonchev–Trinajstić information content (AvgIpc) is 3.20. The fourth-order valence-electron chi connectivity index (χ4n) is 7.86. The second-order valence-electron chi connectivity index (χ2n) is 10.7. The molecule has 2 heterocycles. The van der Waals surface area contributed by atoms with Crippen molar-refractivity contribution in [3.8, 4) is 11.5 Å². The topological polar surface area (TPSA) is 67.9 Å². The molecule has 5 fully saturated rings. The number of nitrogens with one attached hydrogen (secondary N) is 1. The van der Waals surface area contributed by atoms with Crippen LogP contribution in [0.2, 0.25) is 0 Å². The first-order valence-corrected chi connectivity index (χ1v) is 11.3. The Morgan fingerprint density at radius 1 is 1.13 bits per heavy atom. The van der Waals surface area contributed by atoms with E-state index < -0.39 is 5.41 Å². The summed E-state index contributed by atoms with van der Waals surface area (Å²) in [7, 11) is 1.76. The Kier molecular flexibility index (Phi) is 3.66. The summed E-state index contributed by atoms with van der Waals surface area (Å²) in [6, 6.07) is 6.22. The molecule has 160 valence electrons. The molecule has 6 nitrogen and oxygen atoms in total. The Morgan fingerprint density at radius 2 is 1.87 bits per heavy atom. The molecule has 1 aromatic carbocycles. The van der Waals surface area contributed by atoms with Gasteiger partial charge in [-0.2, -0.15) is 0 Å². The van der Waals surface area contributed by atoms with Crippen LogP contribution in [0.15, 0.2) is 18.2 Å². The van der Waals surface area contributed by atoms with Crippen LogP contribution in [0.1, 0.15) is 57.6 Å².